The first-order valence-corrected chi connectivity index (χ1v) is 14.9. The van der Waals surface area contributed by atoms with Crippen molar-refractivity contribution in [1.29, 1.82) is 0 Å². The van der Waals surface area contributed by atoms with E-state index in [9.17, 15) is 0 Å². The molecule has 0 radical (unpaired) electrons. The molecule has 2 heterocycles. The maximum absolute atomic E-state index is 5.35. The molecule has 3 aromatic carbocycles. The lowest BCUT2D eigenvalue weighted by molar-refractivity contribution is 0.157. The van der Waals surface area contributed by atoms with Gasteiger partial charge < -0.3 is 15.0 Å². The highest BCUT2D eigenvalue weighted by molar-refractivity contribution is 7.10. The molecule has 1 aliphatic rings. The van der Waals surface area contributed by atoms with Crippen LogP contribution < -0.4 is 10.1 Å². The van der Waals surface area contributed by atoms with Crippen molar-refractivity contribution in [3.8, 4) is 5.75 Å². The number of hydrogen-bond acceptors (Lipinski definition) is 5. The number of nitrogens with zero attached hydrogens (tertiary/aromatic N) is 2. The normalized spacial score (nSPS) is 17.2. The van der Waals surface area contributed by atoms with Gasteiger partial charge in [-0.05, 0) is 91.4 Å². The van der Waals surface area contributed by atoms with Gasteiger partial charge in [0.1, 0.15) is 5.75 Å². The van der Waals surface area contributed by atoms with E-state index in [4.69, 9.17) is 4.74 Å². The van der Waals surface area contributed by atoms with Gasteiger partial charge in [-0.1, -0.05) is 60.7 Å². The van der Waals surface area contributed by atoms with Crippen LogP contribution in [-0.2, 0) is 0 Å². The van der Waals surface area contributed by atoms with Gasteiger partial charge in [-0.3, -0.25) is 4.90 Å². The van der Waals surface area contributed by atoms with E-state index in [1.165, 1.54) is 39.6 Å². The van der Waals surface area contributed by atoms with Gasteiger partial charge in [0.25, 0.3) is 0 Å². The van der Waals surface area contributed by atoms with Gasteiger partial charge in [0.05, 0.1) is 7.11 Å². The van der Waals surface area contributed by atoms with Crippen LogP contribution in [0.1, 0.15) is 47.2 Å². The average Bonchev–Trinajstić information content (AvgIpc) is 3.51. The number of ether oxygens (including phenoxy) is 1. The molecule has 1 aromatic heterocycles. The van der Waals surface area contributed by atoms with E-state index in [0.717, 1.165) is 51.4 Å². The third-order valence-electron chi connectivity index (χ3n) is 7.97. The van der Waals surface area contributed by atoms with Crippen LogP contribution in [0.5, 0.6) is 5.75 Å². The molecule has 200 valence electrons. The molecule has 38 heavy (non-hydrogen) atoms. The predicted molar refractivity (Wildman–Crippen MR) is 162 cm³/mol. The molecule has 1 aliphatic heterocycles. The lowest BCUT2D eigenvalue weighted by Gasteiger charge is -2.36. The highest BCUT2D eigenvalue weighted by atomic mass is 32.1. The maximum atomic E-state index is 5.35. The Bertz CT molecular complexity index is 1250. The molecule has 0 aliphatic carbocycles. The van der Waals surface area contributed by atoms with Gasteiger partial charge in [-0.15, -0.1) is 11.3 Å². The fourth-order valence-corrected chi connectivity index (χ4v) is 6.70. The molecular formula is C33H41N3OS. The summed E-state index contributed by atoms with van der Waals surface area (Å²) in [5, 5.41) is 8.52. The summed E-state index contributed by atoms with van der Waals surface area (Å²) < 4.78 is 5.35. The number of nitrogens with one attached hydrogen (secondary N) is 1. The van der Waals surface area contributed by atoms with Gasteiger partial charge in [0, 0.05) is 36.5 Å². The summed E-state index contributed by atoms with van der Waals surface area (Å²) in [5.74, 6) is 1.36. The number of hydrogen-bond donors (Lipinski definition) is 1. The molecule has 1 saturated heterocycles. The second kappa shape index (κ2) is 13.4. The van der Waals surface area contributed by atoms with E-state index in [1.807, 2.05) is 11.3 Å². The minimum Gasteiger partial charge on any atom is -0.497 e. The SMILES string of the molecule is COc1ccc(C2CNCCN2CCCCN(C)CCC(c2cccs2)c2cccc3ccccc23)cc1. The molecule has 2 atom stereocenters. The fraction of sp³-hybridized carbons (Fsp3) is 0.394. The van der Waals surface area contributed by atoms with Gasteiger partial charge in [0.15, 0.2) is 0 Å². The predicted octanol–water partition coefficient (Wildman–Crippen LogP) is 6.79. The summed E-state index contributed by atoms with van der Waals surface area (Å²) in [6.45, 7) is 6.61. The molecule has 0 spiro atoms. The van der Waals surface area contributed by atoms with Crippen molar-refractivity contribution in [1.82, 2.24) is 15.1 Å². The summed E-state index contributed by atoms with van der Waals surface area (Å²) in [5.41, 5.74) is 2.84. The second-order valence-corrected chi connectivity index (χ2v) is 11.4. The Labute approximate surface area is 232 Å². The highest BCUT2D eigenvalue weighted by Crippen LogP contribution is 2.35. The van der Waals surface area contributed by atoms with E-state index >= 15 is 0 Å². The Balaban J connectivity index is 1.14. The Hall–Kier alpha value is -2.70. The summed E-state index contributed by atoms with van der Waals surface area (Å²) in [6, 6.07) is 29.1. The van der Waals surface area contributed by atoms with Gasteiger partial charge >= 0.3 is 0 Å². The zero-order valence-corrected chi connectivity index (χ0v) is 23.6. The minimum absolute atomic E-state index is 0.439. The number of rotatable bonds is 12. The molecule has 4 aromatic rings. The Morgan fingerprint density at radius 3 is 2.63 bits per heavy atom. The average molecular weight is 528 g/mol. The first kappa shape index (κ1) is 26.9. The van der Waals surface area contributed by atoms with Gasteiger partial charge in [0.2, 0.25) is 0 Å². The lowest BCUT2D eigenvalue weighted by Crippen LogP contribution is -2.46. The summed E-state index contributed by atoms with van der Waals surface area (Å²) >= 11 is 1.89. The zero-order valence-electron chi connectivity index (χ0n) is 22.8. The Morgan fingerprint density at radius 1 is 0.974 bits per heavy atom. The van der Waals surface area contributed by atoms with Crippen LogP contribution >= 0.6 is 11.3 Å². The largest absolute Gasteiger partial charge is 0.497 e. The van der Waals surface area contributed by atoms with Crippen LogP contribution in [0.2, 0.25) is 0 Å². The van der Waals surface area contributed by atoms with E-state index in [-0.39, 0.29) is 0 Å². The molecule has 5 rings (SSSR count). The van der Waals surface area contributed by atoms with Crippen LogP contribution in [0.4, 0.5) is 0 Å². The van der Waals surface area contributed by atoms with E-state index in [1.54, 1.807) is 7.11 Å². The van der Waals surface area contributed by atoms with Crippen molar-refractivity contribution in [2.75, 3.05) is 53.4 Å². The van der Waals surface area contributed by atoms with Crippen molar-refractivity contribution in [2.45, 2.75) is 31.2 Å². The summed E-state index contributed by atoms with van der Waals surface area (Å²) in [6.07, 6.45) is 3.60. The number of piperazine rings is 1. The van der Waals surface area contributed by atoms with Crippen LogP contribution in [0.25, 0.3) is 10.8 Å². The first-order valence-electron chi connectivity index (χ1n) is 14.0. The monoisotopic (exact) mass is 527 g/mol. The molecule has 1 fully saturated rings. The Kier molecular flexibility index (Phi) is 9.47. The van der Waals surface area contributed by atoms with Crippen molar-refractivity contribution >= 4 is 22.1 Å². The van der Waals surface area contributed by atoms with Gasteiger partial charge in [-0.25, -0.2) is 0 Å². The molecule has 0 saturated carbocycles. The molecule has 0 bridgehead atoms. The quantitative estimate of drug-likeness (QED) is 0.205. The topological polar surface area (TPSA) is 27.7 Å². The lowest BCUT2D eigenvalue weighted by atomic mass is 9.89. The van der Waals surface area contributed by atoms with Crippen LogP contribution in [0.3, 0.4) is 0 Å². The van der Waals surface area contributed by atoms with Crippen molar-refractivity contribution in [2.24, 2.45) is 0 Å². The Morgan fingerprint density at radius 2 is 1.82 bits per heavy atom. The highest BCUT2D eigenvalue weighted by Gasteiger charge is 2.23. The summed E-state index contributed by atoms with van der Waals surface area (Å²) in [4.78, 5) is 6.66. The maximum Gasteiger partial charge on any atom is 0.118 e. The van der Waals surface area contributed by atoms with Crippen LogP contribution in [0, 0.1) is 0 Å². The molecule has 2 unspecified atom stereocenters. The van der Waals surface area contributed by atoms with Crippen LogP contribution in [-0.4, -0.2) is 63.2 Å². The zero-order chi connectivity index (χ0) is 26.2. The van der Waals surface area contributed by atoms with E-state index < -0.39 is 0 Å². The number of thiophene rings is 1. The number of unbranched alkanes of at least 4 members (excludes halogenated alkanes) is 1. The second-order valence-electron chi connectivity index (χ2n) is 10.5. The molecule has 0 amide bonds. The van der Waals surface area contributed by atoms with Crippen molar-refractivity contribution in [3.63, 3.8) is 0 Å². The molecule has 1 N–H and O–H groups in total. The number of methoxy groups -OCH3 is 1. The van der Waals surface area contributed by atoms with Gasteiger partial charge in [-0.2, -0.15) is 0 Å². The minimum atomic E-state index is 0.439. The molecular weight excluding hydrogens is 486 g/mol. The third kappa shape index (κ3) is 6.65. The molecule has 5 heteroatoms. The fourth-order valence-electron chi connectivity index (χ4n) is 5.82. The first-order chi connectivity index (χ1) is 18.7. The van der Waals surface area contributed by atoms with Crippen molar-refractivity contribution < 1.29 is 4.74 Å². The molecule has 4 nitrogen and oxygen atoms in total. The van der Waals surface area contributed by atoms with Crippen LogP contribution in [0.15, 0.2) is 84.2 Å². The smallest absolute Gasteiger partial charge is 0.118 e. The van der Waals surface area contributed by atoms with Crippen molar-refractivity contribution in [3.05, 3.63) is 100 Å². The third-order valence-corrected chi connectivity index (χ3v) is 8.96. The van der Waals surface area contributed by atoms with E-state index in [0.29, 0.717) is 12.0 Å². The number of fused-ring (bicyclic) bond motifs is 1. The van der Waals surface area contributed by atoms with E-state index in [2.05, 4.69) is 106 Å². The number of benzene rings is 3. The standard InChI is InChI=1S/C33H41N3OS/c1-35(20-5-6-21-36-23-19-34-25-32(36)27-14-16-28(37-2)17-15-27)22-18-31(33-13-8-24-38-33)30-12-7-10-26-9-3-4-11-29(26)30/h3-4,7-17,24,31-32,34H,5-6,18-23,25H2,1-2H3. The summed E-state index contributed by atoms with van der Waals surface area (Å²) in [7, 11) is 4.02.